The zero-order chi connectivity index (χ0) is 25.4. The second-order valence-electron chi connectivity index (χ2n) is 8.48. The first-order valence-corrected chi connectivity index (χ1v) is 11.8. The molecule has 0 bridgehead atoms. The molecule has 35 heavy (non-hydrogen) atoms. The molecule has 0 aliphatic carbocycles. The quantitative estimate of drug-likeness (QED) is 0.351. The van der Waals surface area contributed by atoms with E-state index in [-0.39, 0.29) is 36.5 Å². The number of benzene rings is 2. The standard InChI is InChI=1S/C28H34O7/c1-6-18(3)27(29)35-17-23-22(14-19-8-10-20(11-9-19)28(30)33-7-2)16-34-26(23)21-12-13-24(31-4)25(15-21)32-5/h6,8-13,15,22-23,26H,7,14,16-17H2,1-5H3/t22-,23-,26+/m0/s1. The topological polar surface area (TPSA) is 80.3 Å². The molecule has 0 amide bonds. The maximum Gasteiger partial charge on any atom is 0.338 e. The normalized spacial score (nSPS) is 19.8. The van der Waals surface area contributed by atoms with Gasteiger partial charge in [-0.25, -0.2) is 9.59 Å². The molecule has 0 radical (unpaired) electrons. The summed E-state index contributed by atoms with van der Waals surface area (Å²) in [5, 5.41) is 0. The molecule has 3 atom stereocenters. The van der Waals surface area contributed by atoms with Gasteiger partial charge in [-0.15, -0.1) is 0 Å². The van der Waals surface area contributed by atoms with Gasteiger partial charge in [0.2, 0.25) is 0 Å². The summed E-state index contributed by atoms with van der Waals surface area (Å²) in [5.74, 6) is 0.641. The van der Waals surface area contributed by atoms with E-state index >= 15 is 0 Å². The minimum absolute atomic E-state index is 0.0635. The second kappa shape index (κ2) is 12.4. The highest BCUT2D eigenvalue weighted by Crippen LogP contribution is 2.42. The van der Waals surface area contributed by atoms with Crippen LogP contribution in [0.1, 0.15) is 48.4 Å². The average molecular weight is 483 g/mol. The smallest absolute Gasteiger partial charge is 0.338 e. The van der Waals surface area contributed by atoms with Crippen molar-refractivity contribution in [3.63, 3.8) is 0 Å². The molecule has 0 spiro atoms. The van der Waals surface area contributed by atoms with Gasteiger partial charge in [0.1, 0.15) is 0 Å². The van der Waals surface area contributed by atoms with E-state index in [0.717, 1.165) is 17.5 Å². The number of carbonyl (C=O) groups is 2. The third-order valence-corrected chi connectivity index (χ3v) is 6.35. The Labute approximate surface area is 207 Å². The van der Waals surface area contributed by atoms with Crippen molar-refractivity contribution < 1.29 is 33.3 Å². The number of hydrogen-bond acceptors (Lipinski definition) is 7. The van der Waals surface area contributed by atoms with Gasteiger partial charge in [-0.3, -0.25) is 0 Å². The maximum absolute atomic E-state index is 12.4. The lowest BCUT2D eigenvalue weighted by Gasteiger charge is -2.24. The number of allylic oxidation sites excluding steroid dienone is 1. The number of hydrogen-bond donors (Lipinski definition) is 0. The Bertz CT molecular complexity index is 1040. The van der Waals surface area contributed by atoms with E-state index in [4.69, 9.17) is 23.7 Å². The van der Waals surface area contributed by atoms with Gasteiger partial charge in [0.05, 0.1) is 45.7 Å². The third kappa shape index (κ3) is 6.42. The van der Waals surface area contributed by atoms with Crippen molar-refractivity contribution in [2.75, 3.05) is 34.0 Å². The predicted molar refractivity (Wildman–Crippen MR) is 132 cm³/mol. The van der Waals surface area contributed by atoms with E-state index < -0.39 is 0 Å². The van der Waals surface area contributed by atoms with Crippen LogP contribution in [0.25, 0.3) is 0 Å². The van der Waals surface area contributed by atoms with Crippen LogP contribution in [0.2, 0.25) is 0 Å². The number of rotatable bonds is 10. The Morgan fingerprint density at radius 3 is 2.37 bits per heavy atom. The molecule has 3 rings (SSSR count). The SMILES string of the molecule is CC=C(C)C(=O)OC[C@H]1[C@@H](Cc2ccc(C(=O)OCC)cc2)CO[C@@H]1c1ccc(OC)c(OC)c1. The van der Waals surface area contributed by atoms with Gasteiger partial charge in [0.25, 0.3) is 0 Å². The van der Waals surface area contributed by atoms with E-state index in [1.807, 2.05) is 37.3 Å². The number of methoxy groups -OCH3 is 2. The highest BCUT2D eigenvalue weighted by Gasteiger charge is 2.39. The van der Waals surface area contributed by atoms with E-state index in [0.29, 0.717) is 35.8 Å². The molecule has 0 saturated carbocycles. The summed E-state index contributed by atoms with van der Waals surface area (Å²) in [6, 6.07) is 13.1. The Kier molecular flexibility index (Phi) is 9.32. The minimum Gasteiger partial charge on any atom is -0.493 e. The zero-order valence-electron chi connectivity index (χ0n) is 21.0. The fraction of sp³-hybridized carbons (Fsp3) is 0.429. The van der Waals surface area contributed by atoms with Crippen LogP contribution in [-0.4, -0.2) is 46.0 Å². The second-order valence-corrected chi connectivity index (χ2v) is 8.48. The monoisotopic (exact) mass is 482 g/mol. The largest absolute Gasteiger partial charge is 0.493 e. The van der Waals surface area contributed by atoms with Crippen molar-refractivity contribution in [3.8, 4) is 11.5 Å². The molecule has 1 fully saturated rings. The molecule has 0 N–H and O–H groups in total. The number of esters is 2. The minimum atomic E-state index is -0.332. The first-order chi connectivity index (χ1) is 16.9. The van der Waals surface area contributed by atoms with E-state index in [2.05, 4.69) is 0 Å². The fourth-order valence-electron chi connectivity index (χ4n) is 4.23. The molecule has 7 heteroatoms. The van der Waals surface area contributed by atoms with Gasteiger partial charge < -0.3 is 23.7 Å². The first kappa shape index (κ1) is 26.3. The molecule has 0 aromatic heterocycles. The van der Waals surface area contributed by atoms with Crippen molar-refractivity contribution in [2.24, 2.45) is 11.8 Å². The summed E-state index contributed by atoms with van der Waals surface area (Å²) in [5.41, 5.74) is 3.10. The Morgan fingerprint density at radius 2 is 1.74 bits per heavy atom. The summed E-state index contributed by atoms with van der Waals surface area (Å²) in [6.45, 7) is 6.42. The summed E-state index contributed by atoms with van der Waals surface area (Å²) in [4.78, 5) is 24.3. The maximum atomic E-state index is 12.4. The summed E-state index contributed by atoms with van der Waals surface area (Å²) in [6.07, 6.45) is 2.19. The van der Waals surface area contributed by atoms with Crippen molar-refractivity contribution in [1.29, 1.82) is 0 Å². The highest BCUT2D eigenvalue weighted by molar-refractivity contribution is 5.89. The molecule has 7 nitrogen and oxygen atoms in total. The van der Waals surface area contributed by atoms with Gasteiger partial charge in [-0.1, -0.05) is 24.3 Å². The molecular weight excluding hydrogens is 448 g/mol. The third-order valence-electron chi connectivity index (χ3n) is 6.35. The van der Waals surface area contributed by atoms with Gasteiger partial charge in [-0.05, 0) is 68.5 Å². The Morgan fingerprint density at radius 1 is 1.03 bits per heavy atom. The van der Waals surface area contributed by atoms with E-state index in [1.54, 1.807) is 46.3 Å². The molecule has 1 aliphatic rings. The summed E-state index contributed by atoms with van der Waals surface area (Å²) in [7, 11) is 3.19. The van der Waals surface area contributed by atoms with Crippen LogP contribution in [0, 0.1) is 11.8 Å². The van der Waals surface area contributed by atoms with Crippen LogP contribution in [-0.2, 0) is 25.4 Å². The van der Waals surface area contributed by atoms with Crippen LogP contribution < -0.4 is 9.47 Å². The highest BCUT2D eigenvalue weighted by atomic mass is 16.5. The number of ether oxygens (including phenoxy) is 5. The lowest BCUT2D eigenvalue weighted by molar-refractivity contribution is -0.141. The molecule has 2 aromatic carbocycles. The van der Waals surface area contributed by atoms with Crippen LogP contribution >= 0.6 is 0 Å². The van der Waals surface area contributed by atoms with E-state index in [1.165, 1.54) is 0 Å². The molecule has 0 unspecified atom stereocenters. The zero-order valence-corrected chi connectivity index (χ0v) is 21.0. The van der Waals surface area contributed by atoms with Gasteiger partial charge in [-0.2, -0.15) is 0 Å². The summed E-state index contributed by atoms with van der Waals surface area (Å²) >= 11 is 0. The fourth-order valence-corrected chi connectivity index (χ4v) is 4.23. The first-order valence-electron chi connectivity index (χ1n) is 11.8. The molecule has 1 aliphatic heterocycles. The predicted octanol–water partition coefficient (Wildman–Crippen LogP) is 4.94. The van der Waals surface area contributed by atoms with Gasteiger partial charge >= 0.3 is 11.9 Å². The Balaban J connectivity index is 1.82. The molecule has 1 saturated heterocycles. The van der Waals surface area contributed by atoms with Crippen molar-refractivity contribution in [1.82, 2.24) is 0 Å². The molecule has 2 aromatic rings. The van der Waals surface area contributed by atoms with E-state index in [9.17, 15) is 9.59 Å². The molecular formula is C28H34O7. The van der Waals surface area contributed by atoms with Crippen molar-refractivity contribution >= 4 is 11.9 Å². The van der Waals surface area contributed by atoms with Crippen molar-refractivity contribution in [2.45, 2.75) is 33.3 Å². The summed E-state index contributed by atoms with van der Waals surface area (Å²) < 4.78 is 27.8. The van der Waals surface area contributed by atoms with Crippen LogP contribution in [0.15, 0.2) is 54.1 Å². The van der Waals surface area contributed by atoms with Crippen LogP contribution in [0.5, 0.6) is 11.5 Å². The van der Waals surface area contributed by atoms with Crippen LogP contribution in [0.4, 0.5) is 0 Å². The van der Waals surface area contributed by atoms with Gasteiger partial charge in [0, 0.05) is 11.5 Å². The lowest BCUT2D eigenvalue weighted by atomic mass is 9.84. The van der Waals surface area contributed by atoms with Crippen molar-refractivity contribution in [3.05, 3.63) is 70.8 Å². The Hall–Kier alpha value is -3.32. The van der Waals surface area contributed by atoms with Gasteiger partial charge in [0.15, 0.2) is 11.5 Å². The molecule has 188 valence electrons. The number of carbonyl (C=O) groups excluding carboxylic acids is 2. The molecule has 1 heterocycles. The lowest BCUT2D eigenvalue weighted by Crippen LogP contribution is -2.24. The average Bonchev–Trinajstić information content (AvgIpc) is 3.28. The van der Waals surface area contributed by atoms with Crippen LogP contribution in [0.3, 0.4) is 0 Å².